The molecule has 3 aromatic heterocycles. The van der Waals surface area contributed by atoms with Crippen LogP contribution in [0, 0.1) is 0 Å². The molecule has 8 nitrogen and oxygen atoms in total. The van der Waals surface area contributed by atoms with Crippen molar-refractivity contribution in [3.05, 3.63) is 34.8 Å². The van der Waals surface area contributed by atoms with Crippen molar-refractivity contribution >= 4 is 27.9 Å². The van der Waals surface area contributed by atoms with Crippen LogP contribution in [0.2, 0.25) is 0 Å². The third kappa shape index (κ3) is 2.93. The molecule has 0 aromatic carbocycles. The zero-order valence-electron chi connectivity index (χ0n) is 11.8. The molecular formula is C13H12BrN5O3. The van der Waals surface area contributed by atoms with E-state index in [0.717, 1.165) is 0 Å². The number of nitrogens with zero attached hydrogens (tertiary/aromatic N) is 4. The largest absolute Gasteiger partial charge is 0.444 e. The molecule has 0 saturated carbocycles. The number of halogens is 1. The van der Waals surface area contributed by atoms with Crippen LogP contribution in [0.1, 0.15) is 30.4 Å². The monoisotopic (exact) mass is 365 g/mol. The van der Waals surface area contributed by atoms with Crippen LogP contribution >= 0.6 is 15.9 Å². The Labute approximate surface area is 133 Å². The zero-order chi connectivity index (χ0) is 15.7. The van der Waals surface area contributed by atoms with Crippen molar-refractivity contribution in [3.63, 3.8) is 0 Å². The number of furan rings is 1. The van der Waals surface area contributed by atoms with E-state index in [9.17, 15) is 4.79 Å². The van der Waals surface area contributed by atoms with Crippen LogP contribution in [0.5, 0.6) is 0 Å². The second-order valence-electron chi connectivity index (χ2n) is 4.74. The molecule has 0 saturated heterocycles. The SMILES string of the molecule is CC(C)n1ccc(-c2nnc(NC(=O)c3ccc(Br)o3)o2)n1. The Balaban J connectivity index is 1.74. The van der Waals surface area contributed by atoms with Gasteiger partial charge in [-0.3, -0.25) is 14.8 Å². The summed E-state index contributed by atoms with van der Waals surface area (Å²) in [6, 6.07) is 5.12. The highest BCUT2D eigenvalue weighted by Gasteiger charge is 2.16. The highest BCUT2D eigenvalue weighted by Crippen LogP contribution is 2.20. The van der Waals surface area contributed by atoms with E-state index in [1.807, 2.05) is 20.0 Å². The molecule has 22 heavy (non-hydrogen) atoms. The molecule has 0 aliphatic heterocycles. The summed E-state index contributed by atoms with van der Waals surface area (Å²) >= 11 is 3.13. The van der Waals surface area contributed by atoms with Crippen LogP contribution in [0.4, 0.5) is 6.01 Å². The lowest BCUT2D eigenvalue weighted by Crippen LogP contribution is -2.10. The summed E-state index contributed by atoms with van der Waals surface area (Å²) < 4.78 is 12.8. The summed E-state index contributed by atoms with van der Waals surface area (Å²) in [5.41, 5.74) is 0.544. The molecule has 0 unspecified atom stereocenters. The minimum absolute atomic E-state index is 0.0216. The lowest BCUT2D eigenvalue weighted by Gasteiger charge is -2.02. The van der Waals surface area contributed by atoms with Gasteiger partial charge in [0.25, 0.3) is 11.8 Å². The molecule has 3 aromatic rings. The van der Waals surface area contributed by atoms with Gasteiger partial charge in [0.2, 0.25) is 0 Å². The maximum absolute atomic E-state index is 11.9. The fourth-order valence-electron chi connectivity index (χ4n) is 1.71. The maximum Gasteiger partial charge on any atom is 0.322 e. The predicted octanol–water partition coefficient (Wildman–Crippen LogP) is 3.12. The van der Waals surface area contributed by atoms with Crippen molar-refractivity contribution < 1.29 is 13.6 Å². The number of nitrogens with one attached hydrogen (secondary N) is 1. The van der Waals surface area contributed by atoms with E-state index in [1.54, 1.807) is 16.8 Å². The standard InChI is InChI=1S/C13H12BrN5O3/c1-7(2)19-6-5-8(18-19)12-16-17-13(22-12)15-11(20)9-3-4-10(14)21-9/h3-7H,1-2H3,(H,15,17,20). The van der Waals surface area contributed by atoms with Gasteiger partial charge in [-0.2, -0.15) is 5.10 Å². The minimum Gasteiger partial charge on any atom is -0.444 e. The number of anilines is 1. The van der Waals surface area contributed by atoms with E-state index in [0.29, 0.717) is 10.4 Å². The fourth-order valence-corrected chi connectivity index (χ4v) is 2.02. The zero-order valence-corrected chi connectivity index (χ0v) is 13.4. The summed E-state index contributed by atoms with van der Waals surface area (Å²) in [6.07, 6.45) is 1.82. The second kappa shape index (κ2) is 5.76. The van der Waals surface area contributed by atoms with Gasteiger partial charge in [0, 0.05) is 12.2 Å². The molecular weight excluding hydrogens is 354 g/mol. The quantitative estimate of drug-likeness (QED) is 0.762. The Morgan fingerprint density at radius 2 is 2.09 bits per heavy atom. The number of carbonyl (C=O) groups is 1. The molecule has 3 heterocycles. The van der Waals surface area contributed by atoms with Crippen molar-refractivity contribution in [1.29, 1.82) is 0 Å². The molecule has 0 bridgehead atoms. The van der Waals surface area contributed by atoms with Gasteiger partial charge in [0.05, 0.1) is 0 Å². The first-order valence-corrected chi connectivity index (χ1v) is 7.28. The molecule has 0 aliphatic carbocycles. The Kier molecular flexibility index (Phi) is 3.80. The first kappa shape index (κ1) is 14.5. The van der Waals surface area contributed by atoms with E-state index in [-0.39, 0.29) is 23.7 Å². The molecule has 0 radical (unpaired) electrons. The van der Waals surface area contributed by atoms with Crippen LogP contribution in [0.15, 0.2) is 37.9 Å². The summed E-state index contributed by atoms with van der Waals surface area (Å²) in [7, 11) is 0. The lowest BCUT2D eigenvalue weighted by molar-refractivity contribution is 0.0992. The number of amides is 1. The average molecular weight is 366 g/mol. The average Bonchev–Trinajstić information content (AvgIpc) is 3.16. The van der Waals surface area contributed by atoms with Crippen molar-refractivity contribution in [1.82, 2.24) is 20.0 Å². The Bertz CT molecular complexity index is 804. The Hall–Kier alpha value is -2.42. The fraction of sp³-hybridized carbons (Fsp3) is 0.231. The van der Waals surface area contributed by atoms with Gasteiger partial charge in [0.1, 0.15) is 5.69 Å². The minimum atomic E-state index is -0.478. The molecule has 1 amide bonds. The van der Waals surface area contributed by atoms with Crippen LogP contribution in [-0.4, -0.2) is 25.9 Å². The molecule has 9 heteroatoms. The molecule has 0 fully saturated rings. The van der Waals surface area contributed by atoms with E-state index in [4.69, 9.17) is 8.83 Å². The number of hydrogen-bond donors (Lipinski definition) is 1. The number of carbonyl (C=O) groups excluding carboxylic acids is 1. The molecule has 3 rings (SSSR count). The topological polar surface area (TPSA) is 99.0 Å². The van der Waals surface area contributed by atoms with Gasteiger partial charge in [-0.1, -0.05) is 5.10 Å². The smallest absolute Gasteiger partial charge is 0.322 e. The van der Waals surface area contributed by atoms with Crippen LogP contribution < -0.4 is 5.32 Å². The van der Waals surface area contributed by atoms with E-state index < -0.39 is 5.91 Å². The van der Waals surface area contributed by atoms with Crippen molar-refractivity contribution in [2.45, 2.75) is 19.9 Å². The number of hydrogen-bond acceptors (Lipinski definition) is 6. The normalized spacial score (nSPS) is 11.1. The number of aromatic nitrogens is 4. The van der Waals surface area contributed by atoms with E-state index in [2.05, 4.69) is 36.5 Å². The van der Waals surface area contributed by atoms with Gasteiger partial charge in [0.15, 0.2) is 10.4 Å². The van der Waals surface area contributed by atoms with E-state index >= 15 is 0 Å². The van der Waals surface area contributed by atoms with Gasteiger partial charge >= 0.3 is 6.01 Å². The van der Waals surface area contributed by atoms with E-state index in [1.165, 1.54) is 6.07 Å². The third-order valence-corrected chi connectivity index (χ3v) is 3.23. The predicted molar refractivity (Wildman–Crippen MR) is 80.3 cm³/mol. The summed E-state index contributed by atoms with van der Waals surface area (Å²) in [6.45, 7) is 4.02. The van der Waals surface area contributed by atoms with Crippen molar-refractivity contribution in [2.75, 3.05) is 5.32 Å². The summed E-state index contributed by atoms with van der Waals surface area (Å²) in [5, 5.41) is 14.4. The maximum atomic E-state index is 11.9. The van der Waals surface area contributed by atoms with Crippen LogP contribution in [-0.2, 0) is 0 Å². The van der Waals surface area contributed by atoms with Gasteiger partial charge in [-0.05, 0) is 48.0 Å². The molecule has 0 spiro atoms. The van der Waals surface area contributed by atoms with Gasteiger partial charge in [-0.15, -0.1) is 5.10 Å². The highest BCUT2D eigenvalue weighted by atomic mass is 79.9. The van der Waals surface area contributed by atoms with Crippen LogP contribution in [0.3, 0.4) is 0 Å². The summed E-state index contributed by atoms with van der Waals surface area (Å²) in [5.74, 6) is -0.111. The van der Waals surface area contributed by atoms with Crippen molar-refractivity contribution in [3.8, 4) is 11.6 Å². The molecule has 1 N–H and O–H groups in total. The lowest BCUT2D eigenvalue weighted by atomic mass is 10.4. The second-order valence-corrected chi connectivity index (χ2v) is 5.53. The summed E-state index contributed by atoms with van der Waals surface area (Å²) in [4.78, 5) is 11.9. The van der Waals surface area contributed by atoms with Gasteiger partial charge < -0.3 is 8.83 Å². The highest BCUT2D eigenvalue weighted by molar-refractivity contribution is 9.10. The first-order chi connectivity index (χ1) is 10.5. The molecule has 0 atom stereocenters. The van der Waals surface area contributed by atoms with Gasteiger partial charge in [-0.25, -0.2) is 0 Å². The molecule has 0 aliphatic rings. The third-order valence-electron chi connectivity index (χ3n) is 2.80. The Morgan fingerprint density at radius 1 is 1.27 bits per heavy atom. The first-order valence-electron chi connectivity index (χ1n) is 6.48. The van der Waals surface area contributed by atoms with Crippen LogP contribution in [0.25, 0.3) is 11.6 Å². The molecule has 114 valence electrons. The Morgan fingerprint density at radius 3 is 2.73 bits per heavy atom. The van der Waals surface area contributed by atoms with Crippen molar-refractivity contribution in [2.24, 2.45) is 0 Å². The number of rotatable bonds is 4.